The highest BCUT2D eigenvalue weighted by Crippen LogP contribution is 2.44. The third-order valence-electron chi connectivity index (χ3n) is 6.61. The number of H-pyrrole nitrogens is 1. The Bertz CT molecular complexity index is 1470. The lowest BCUT2D eigenvalue weighted by atomic mass is 9.94. The van der Waals surface area contributed by atoms with E-state index < -0.39 is 23.5 Å². The largest absolute Gasteiger partial charge is 0.507 e. The Morgan fingerprint density at radius 2 is 1.73 bits per heavy atom. The van der Waals surface area contributed by atoms with E-state index in [0.29, 0.717) is 29.2 Å². The number of nitrogens with one attached hydrogen (secondary N) is 1. The second-order valence-corrected chi connectivity index (χ2v) is 9.02. The van der Waals surface area contributed by atoms with Crippen LogP contribution in [0.4, 0.5) is 10.1 Å². The van der Waals surface area contributed by atoms with Crippen molar-refractivity contribution in [2.24, 2.45) is 0 Å². The topological polar surface area (TPSA) is 82.6 Å². The standard InChI is InChI=1S/C30H27FN2O4/c1-2-3-6-17-37-22-15-9-19(10-16-22)28(34)26-27(24-18-32-25-8-5-4-7-23(24)25)33(30(36)29(26)35)21-13-11-20(31)12-14-21/h4-5,7-16,18,27,32,34H,2-3,6,17H2,1H3/b28-26+. The highest BCUT2D eigenvalue weighted by Gasteiger charge is 2.47. The number of ketones is 1. The molecule has 5 rings (SSSR count). The van der Waals surface area contributed by atoms with Gasteiger partial charge < -0.3 is 14.8 Å². The SMILES string of the molecule is CCCCCOc1ccc(/C(O)=C2\C(=O)C(=O)N(c3ccc(F)cc3)C2c2c[nH]c3ccccc23)cc1. The van der Waals surface area contributed by atoms with Gasteiger partial charge in [-0.25, -0.2) is 4.39 Å². The van der Waals surface area contributed by atoms with Crippen molar-refractivity contribution in [3.63, 3.8) is 0 Å². The third-order valence-corrected chi connectivity index (χ3v) is 6.61. The van der Waals surface area contributed by atoms with Crippen molar-refractivity contribution in [3.8, 4) is 5.75 Å². The smallest absolute Gasteiger partial charge is 0.300 e. The number of fused-ring (bicyclic) bond motifs is 1. The van der Waals surface area contributed by atoms with E-state index in [2.05, 4.69) is 11.9 Å². The number of amides is 1. The molecule has 7 heteroatoms. The fourth-order valence-corrected chi connectivity index (χ4v) is 4.72. The predicted octanol–water partition coefficient (Wildman–Crippen LogP) is 6.50. The molecule has 1 unspecified atom stereocenters. The molecule has 4 aromatic rings. The van der Waals surface area contributed by atoms with Crippen LogP contribution in [0.5, 0.6) is 5.75 Å². The number of anilines is 1. The summed E-state index contributed by atoms with van der Waals surface area (Å²) < 4.78 is 19.4. The van der Waals surface area contributed by atoms with Crippen LogP contribution in [-0.2, 0) is 9.59 Å². The molecule has 1 aliphatic heterocycles. The van der Waals surface area contributed by atoms with Crippen molar-refractivity contribution >= 4 is 34.0 Å². The normalized spacial score (nSPS) is 17.0. The van der Waals surface area contributed by atoms with Crippen LogP contribution in [0.25, 0.3) is 16.7 Å². The lowest BCUT2D eigenvalue weighted by molar-refractivity contribution is -0.132. The molecule has 37 heavy (non-hydrogen) atoms. The fourth-order valence-electron chi connectivity index (χ4n) is 4.72. The maximum absolute atomic E-state index is 13.7. The minimum atomic E-state index is -0.911. The van der Waals surface area contributed by atoms with Gasteiger partial charge in [-0.3, -0.25) is 14.5 Å². The van der Waals surface area contributed by atoms with E-state index in [4.69, 9.17) is 4.74 Å². The van der Waals surface area contributed by atoms with Gasteiger partial charge >= 0.3 is 0 Å². The van der Waals surface area contributed by atoms with Crippen molar-refractivity contribution in [3.05, 3.63) is 102 Å². The van der Waals surface area contributed by atoms with Crippen LogP contribution in [0.2, 0.25) is 0 Å². The molecule has 1 fully saturated rings. The predicted molar refractivity (Wildman–Crippen MR) is 141 cm³/mol. The number of nitrogens with zero attached hydrogens (tertiary/aromatic N) is 1. The molecule has 1 aliphatic rings. The van der Waals surface area contributed by atoms with E-state index >= 15 is 0 Å². The summed E-state index contributed by atoms with van der Waals surface area (Å²) in [5, 5.41) is 12.2. The van der Waals surface area contributed by atoms with E-state index in [-0.39, 0.29) is 11.3 Å². The third kappa shape index (κ3) is 4.60. The number of carbonyl (C=O) groups is 2. The number of Topliss-reactive ketones (excluding diaryl/α,β-unsaturated/α-hetero) is 1. The van der Waals surface area contributed by atoms with Crippen LogP contribution in [0.1, 0.15) is 43.4 Å². The number of halogens is 1. The molecule has 1 saturated heterocycles. The molecule has 6 nitrogen and oxygen atoms in total. The van der Waals surface area contributed by atoms with Crippen molar-refractivity contribution in [1.82, 2.24) is 4.98 Å². The van der Waals surface area contributed by atoms with E-state index in [1.165, 1.54) is 29.2 Å². The number of aliphatic hydroxyl groups is 1. The molecule has 2 heterocycles. The number of para-hydroxylation sites is 1. The average molecular weight is 499 g/mol. The number of hydrogen-bond donors (Lipinski definition) is 2. The Morgan fingerprint density at radius 1 is 1.00 bits per heavy atom. The number of ether oxygens (including phenoxy) is 1. The van der Waals surface area contributed by atoms with Gasteiger partial charge in [-0.2, -0.15) is 0 Å². The molecule has 188 valence electrons. The summed E-state index contributed by atoms with van der Waals surface area (Å²) in [5.74, 6) is -1.68. The van der Waals surface area contributed by atoms with Crippen molar-refractivity contribution in [1.29, 1.82) is 0 Å². The summed E-state index contributed by atoms with van der Waals surface area (Å²) in [6.07, 6.45) is 4.87. The Balaban J connectivity index is 1.59. The van der Waals surface area contributed by atoms with Gasteiger partial charge in [-0.05, 0) is 61.0 Å². The summed E-state index contributed by atoms with van der Waals surface area (Å²) >= 11 is 0. The molecule has 0 spiro atoms. The molecule has 3 aromatic carbocycles. The number of hydrogen-bond acceptors (Lipinski definition) is 4. The molecular weight excluding hydrogens is 471 g/mol. The number of aromatic amines is 1. The Morgan fingerprint density at radius 3 is 2.46 bits per heavy atom. The second-order valence-electron chi connectivity index (χ2n) is 9.02. The number of aliphatic hydroxyl groups excluding tert-OH is 1. The zero-order valence-corrected chi connectivity index (χ0v) is 20.4. The zero-order chi connectivity index (χ0) is 25.9. The molecule has 1 atom stereocenters. The maximum atomic E-state index is 13.7. The lowest BCUT2D eigenvalue weighted by Gasteiger charge is -2.25. The fraction of sp³-hybridized carbons (Fsp3) is 0.200. The van der Waals surface area contributed by atoms with Crippen LogP contribution in [0.15, 0.2) is 84.6 Å². The van der Waals surface area contributed by atoms with Gasteiger partial charge in [-0.15, -0.1) is 0 Å². The molecule has 0 radical (unpaired) electrons. The van der Waals surface area contributed by atoms with E-state index in [1.807, 2.05) is 24.3 Å². The van der Waals surface area contributed by atoms with Crippen LogP contribution >= 0.6 is 0 Å². The van der Waals surface area contributed by atoms with E-state index in [0.717, 1.165) is 30.2 Å². The minimum Gasteiger partial charge on any atom is -0.507 e. The summed E-state index contributed by atoms with van der Waals surface area (Å²) in [5.41, 5.74) is 2.19. The van der Waals surface area contributed by atoms with Crippen LogP contribution < -0.4 is 9.64 Å². The highest BCUT2D eigenvalue weighted by atomic mass is 19.1. The molecular formula is C30H27FN2O4. The number of carbonyl (C=O) groups excluding carboxylic acids is 2. The Labute approximate surface area is 214 Å². The van der Waals surface area contributed by atoms with Gasteiger partial charge in [0.1, 0.15) is 17.3 Å². The van der Waals surface area contributed by atoms with Gasteiger partial charge in [-0.1, -0.05) is 38.0 Å². The van der Waals surface area contributed by atoms with E-state index in [9.17, 15) is 19.1 Å². The number of unbranched alkanes of at least 4 members (excludes halogenated alkanes) is 2. The van der Waals surface area contributed by atoms with Crippen molar-refractivity contribution < 1.29 is 23.8 Å². The Hall–Kier alpha value is -4.39. The van der Waals surface area contributed by atoms with Crippen LogP contribution in [0, 0.1) is 5.82 Å². The van der Waals surface area contributed by atoms with Crippen LogP contribution in [-0.4, -0.2) is 28.4 Å². The lowest BCUT2D eigenvalue weighted by Crippen LogP contribution is -2.29. The van der Waals surface area contributed by atoms with Gasteiger partial charge in [0.05, 0.1) is 18.2 Å². The molecule has 2 N–H and O–H groups in total. The molecule has 0 bridgehead atoms. The van der Waals surface area contributed by atoms with Crippen molar-refractivity contribution in [2.45, 2.75) is 32.2 Å². The second kappa shape index (κ2) is 10.3. The zero-order valence-electron chi connectivity index (χ0n) is 20.4. The first kappa shape index (κ1) is 24.3. The Kier molecular flexibility index (Phi) is 6.77. The number of rotatable bonds is 8. The molecule has 0 aliphatic carbocycles. The van der Waals surface area contributed by atoms with Crippen LogP contribution in [0.3, 0.4) is 0 Å². The van der Waals surface area contributed by atoms with Gasteiger partial charge in [0.2, 0.25) is 0 Å². The first-order chi connectivity index (χ1) is 18.0. The van der Waals surface area contributed by atoms with E-state index in [1.54, 1.807) is 30.5 Å². The molecule has 0 saturated carbocycles. The van der Waals surface area contributed by atoms with Gasteiger partial charge in [0.15, 0.2) is 0 Å². The highest BCUT2D eigenvalue weighted by molar-refractivity contribution is 6.51. The van der Waals surface area contributed by atoms with Gasteiger partial charge in [0, 0.05) is 33.9 Å². The quantitative estimate of drug-likeness (QED) is 0.126. The maximum Gasteiger partial charge on any atom is 0.300 e. The first-order valence-electron chi connectivity index (χ1n) is 12.4. The molecule has 1 amide bonds. The summed E-state index contributed by atoms with van der Waals surface area (Å²) in [6.45, 7) is 2.73. The average Bonchev–Trinajstić information content (AvgIpc) is 3.45. The van der Waals surface area contributed by atoms with Gasteiger partial charge in [0.25, 0.3) is 11.7 Å². The first-order valence-corrected chi connectivity index (χ1v) is 12.4. The minimum absolute atomic E-state index is 0.0318. The monoisotopic (exact) mass is 498 g/mol. The summed E-state index contributed by atoms with van der Waals surface area (Å²) in [4.78, 5) is 31.2. The summed E-state index contributed by atoms with van der Waals surface area (Å²) in [7, 11) is 0. The van der Waals surface area contributed by atoms with Crippen molar-refractivity contribution in [2.75, 3.05) is 11.5 Å². The molecule has 1 aromatic heterocycles. The number of aromatic nitrogens is 1. The summed E-state index contributed by atoms with van der Waals surface area (Å²) in [6, 6.07) is 18.8. The number of benzene rings is 3.